The van der Waals surface area contributed by atoms with E-state index < -0.39 is 11.5 Å². The van der Waals surface area contributed by atoms with Gasteiger partial charge in [0.25, 0.3) is 0 Å². The van der Waals surface area contributed by atoms with Crippen molar-refractivity contribution in [3.05, 3.63) is 65.9 Å². The summed E-state index contributed by atoms with van der Waals surface area (Å²) >= 11 is 0. The van der Waals surface area contributed by atoms with E-state index in [0.29, 0.717) is 28.2 Å². The van der Waals surface area contributed by atoms with Gasteiger partial charge >= 0.3 is 5.97 Å². The number of hydrogen-bond acceptors (Lipinski definition) is 7. The number of H-pyrrole nitrogens is 1. The van der Waals surface area contributed by atoms with Gasteiger partial charge in [-0.2, -0.15) is 0 Å². The van der Waals surface area contributed by atoms with Crippen LogP contribution in [0.1, 0.15) is 11.1 Å². The van der Waals surface area contributed by atoms with Crippen molar-refractivity contribution < 1.29 is 9.53 Å². The van der Waals surface area contributed by atoms with Crippen molar-refractivity contribution in [1.82, 2.24) is 20.4 Å². The monoisotopic (exact) mass is 372 g/mol. The fourth-order valence-corrected chi connectivity index (χ4v) is 3.84. The number of carbonyl (C=O) groups excluding carboxylic acids is 1. The number of esters is 1. The number of para-hydroxylation sites is 1. The van der Waals surface area contributed by atoms with Gasteiger partial charge in [0, 0.05) is 28.7 Å². The minimum atomic E-state index is -1.31. The molecule has 5 rings (SSSR count). The molecule has 3 heterocycles. The van der Waals surface area contributed by atoms with Gasteiger partial charge in [0.05, 0.1) is 12.5 Å². The lowest BCUT2D eigenvalue weighted by Crippen LogP contribution is -2.45. The first-order valence-corrected chi connectivity index (χ1v) is 8.68. The molecule has 138 valence electrons. The second kappa shape index (κ2) is 5.78. The number of rotatable bonds is 2. The number of nitrogen functional groups attached to an aromatic ring is 1. The molecule has 0 saturated carbocycles. The molecule has 0 aliphatic carbocycles. The Hall–Kier alpha value is -3.94. The first-order chi connectivity index (χ1) is 13.6. The van der Waals surface area contributed by atoms with Crippen LogP contribution in [0.15, 0.2) is 54.7 Å². The van der Waals surface area contributed by atoms with E-state index in [4.69, 9.17) is 10.5 Å². The normalized spacial score (nSPS) is 17.5. The molecule has 4 aromatic rings. The Morgan fingerprint density at radius 2 is 1.89 bits per heavy atom. The quantitative estimate of drug-likeness (QED) is 0.365. The zero-order valence-corrected chi connectivity index (χ0v) is 14.9. The number of aromatic nitrogens is 4. The zero-order chi connectivity index (χ0) is 19.3. The molecule has 0 radical (unpaired) electrons. The van der Waals surface area contributed by atoms with Crippen LogP contribution in [0.4, 0.5) is 11.4 Å². The highest BCUT2D eigenvalue weighted by atomic mass is 16.5. The van der Waals surface area contributed by atoms with Crippen molar-refractivity contribution >= 4 is 28.4 Å². The van der Waals surface area contributed by atoms with Gasteiger partial charge in [0.15, 0.2) is 11.2 Å². The zero-order valence-electron chi connectivity index (χ0n) is 14.9. The van der Waals surface area contributed by atoms with E-state index in [-0.39, 0.29) is 0 Å². The summed E-state index contributed by atoms with van der Waals surface area (Å²) in [5.74, 6) is -0.461. The smallest absolute Gasteiger partial charge is 0.341 e. The van der Waals surface area contributed by atoms with Crippen molar-refractivity contribution in [2.24, 2.45) is 0 Å². The highest BCUT2D eigenvalue weighted by Gasteiger charge is 2.48. The Morgan fingerprint density at radius 1 is 1.11 bits per heavy atom. The molecule has 8 heteroatoms. The fraction of sp³-hybridized carbons (Fsp3) is 0.100. The Morgan fingerprint density at radius 3 is 2.68 bits per heavy atom. The number of hydrogen-bond donors (Lipinski definition) is 3. The molecule has 28 heavy (non-hydrogen) atoms. The number of methoxy groups -OCH3 is 1. The van der Waals surface area contributed by atoms with Gasteiger partial charge in [0.1, 0.15) is 5.69 Å². The second-order valence-electron chi connectivity index (χ2n) is 6.60. The van der Waals surface area contributed by atoms with Gasteiger partial charge in [-0.25, -0.2) is 4.79 Å². The van der Waals surface area contributed by atoms with Crippen LogP contribution in [-0.4, -0.2) is 33.5 Å². The maximum atomic E-state index is 13.3. The number of nitrogens with one attached hydrogen (secondary N) is 2. The summed E-state index contributed by atoms with van der Waals surface area (Å²) in [7, 11) is 1.37. The lowest BCUT2D eigenvalue weighted by Gasteiger charge is -2.32. The predicted octanol–water partition coefficient (Wildman–Crippen LogP) is 2.44. The molecular weight excluding hydrogens is 356 g/mol. The fourth-order valence-electron chi connectivity index (χ4n) is 3.84. The Bertz CT molecular complexity index is 1220. The van der Waals surface area contributed by atoms with E-state index in [1.807, 2.05) is 36.4 Å². The molecule has 1 aliphatic heterocycles. The molecule has 8 nitrogen and oxygen atoms in total. The SMILES string of the molecule is COC(=O)C1(c2ccc(N)cc2)Nc2ccccc2-c2nnnc3[nH]cc1c23. The number of ether oxygens (including phenoxy) is 1. The van der Waals surface area contributed by atoms with E-state index in [1.54, 1.807) is 18.3 Å². The molecule has 1 atom stereocenters. The molecule has 1 unspecified atom stereocenters. The number of carbonyl (C=O) groups is 1. The van der Waals surface area contributed by atoms with Crippen LogP contribution in [0.2, 0.25) is 0 Å². The van der Waals surface area contributed by atoms with Gasteiger partial charge in [-0.15, -0.1) is 10.2 Å². The summed E-state index contributed by atoms with van der Waals surface area (Å²) in [5, 5.41) is 16.4. The maximum absolute atomic E-state index is 13.3. The third-order valence-corrected chi connectivity index (χ3v) is 5.13. The molecule has 2 aromatic heterocycles. The third-order valence-electron chi connectivity index (χ3n) is 5.13. The molecular formula is C20H16N6O2. The molecule has 0 fully saturated rings. The van der Waals surface area contributed by atoms with E-state index >= 15 is 0 Å². The van der Waals surface area contributed by atoms with Crippen LogP contribution in [0.5, 0.6) is 0 Å². The average Bonchev–Trinajstić information content (AvgIpc) is 3.12. The summed E-state index contributed by atoms with van der Waals surface area (Å²) in [6.45, 7) is 0. The summed E-state index contributed by atoms with van der Waals surface area (Å²) in [5.41, 5.74) is 9.27. The highest BCUT2D eigenvalue weighted by molar-refractivity contribution is 6.05. The molecule has 4 N–H and O–H groups in total. The molecule has 0 spiro atoms. The van der Waals surface area contributed by atoms with Crippen LogP contribution in [0, 0.1) is 0 Å². The first kappa shape index (κ1) is 16.2. The maximum Gasteiger partial charge on any atom is 0.341 e. The number of benzene rings is 2. The summed E-state index contributed by atoms with van der Waals surface area (Å²) in [4.78, 5) is 16.4. The topological polar surface area (TPSA) is 119 Å². The van der Waals surface area contributed by atoms with Crippen LogP contribution in [-0.2, 0) is 15.1 Å². The minimum Gasteiger partial charge on any atom is -0.467 e. The van der Waals surface area contributed by atoms with Crippen LogP contribution < -0.4 is 11.1 Å². The van der Waals surface area contributed by atoms with Gasteiger partial charge in [-0.1, -0.05) is 30.3 Å². The summed E-state index contributed by atoms with van der Waals surface area (Å²) in [6, 6.07) is 14.8. The largest absolute Gasteiger partial charge is 0.467 e. The molecule has 1 aliphatic rings. The van der Waals surface area contributed by atoms with Crippen LogP contribution in [0.25, 0.3) is 22.3 Å². The van der Waals surface area contributed by atoms with Crippen molar-refractivity contribution in [2.45, 2.75) is 5.54 Å². The van der Waals surface area contributed by atoms with E-state index in [0.717, 1.165) is 16.6 Å². The number of nitrogens with two attached hydrogens (primary N) is 1. The van der Waals surface area contributed by atoms with Crippen molar-refractivity contribution in [3.8, 4) is 11.3 Å². The Kier molecular flexibility index (Phi) is 3.35. The lowest BCUT2D eigenvalue weighted by atomic mass is 9.82. The third kappa shape index (κ3) is 2.05. The predicted molar refractivity (Wildman–Crippen MR) is 104 cm³/mol. The van der Waals surface area contributed by atoms with Crippen molar-refractivity contribution in [1.29, 1.82) is 0 Å². The van der Waals surface area contributed by atoms with Crippen molar-refractivity contribution in [2.75, 3.05) is 18.2 Å². The first-order valence-electron chi connectivity index (χ1n) is 8.68. The molecule has 0 saturated heterocycles. The van der Waals surface area contributed by atoms with E-state index in [1.165, 1.54) is 7.11 Å². The lowest BCUT2D eigenvalue weighted by molar-refractivity contribution is -0.144. The summed E-state index contributed by atoms with van der Waals surface area (Å²) in [6.07, 6.45) is 1.75. The minimum absolute atomic E-state index is 0.461. The van der Waals surface area contributed by atoms with Gasteiger partial charge < -0.3 is 20.8 Å². The standard InChI is InChI=1S/C20H16N6O2/c1-28-19(27)20(11-6-8-12(21)9-7-11)14-10-22-18-16(14)17(24-26-25-18)13-4-2-3-5-15(13)23-20/h2-10,23H,21H2,1H3,(H,22,24,25). The molecule has 0 bridgehead atoms. The average molecular weight is 372 g/mol. The second-order valence-corrected chi connectivity index (χ2v) is 6.60. The highest BCUT2D eigenvalue weighted by Crippen LogP contribution is 2.46. The van der Waals surface area contributed by atoms with Gasteiger partial charge in [-0.05, 0) is 29.0 Å². The summed E-state index contributed by atoms with van der Waals surface area (Å²) < 4.78 is 5.26. The number of fused-ring (bicyclic) bond motifs is 2. The molecule has 2 aromatic carbocycles. The number of aromatic amines is 1. The Balaban J connectivity index is 1.95. The molecule has 0 amide bonds. The number of nitrogens with zero attached hydrogens (tertiary/aromatic N) is 3. The van der Waals surface area contributed by atoms with Crippen LogP contribution >= 0.6 is 0 Å². The van der Waals surface area contributed by atoms with Gasteiger partial charge in [0.2, 0.25) is 0 Å². The van der Waals surface area contributed by atoms with Crippen molar-refractivity contribution in [3.63, 3.8) is 0 Å². The van der Waals surface area contributed by atoms with E-state index in [2.05, 4.69) is 25.7 Å². The van der Waals surface area contributed by atoms with Crippen LogP contribution in [0.3, 0.4) is 0 Å². The van der Waals surface area contributed by atoms with Gasteiger partial charge in [-0.3, -0.25) is 0 Å². The van der Waals surface area contributed by atoms with E-state index in [9.17, 15) is 4.79 Å². The Labute approximate surface area is 159 Å². The number of anilines is 2.